The molecule has 2 rings (SSSR count). The number of carbonyl (C=O) groups is 3. The molecule has 0 bridgehead atoms. The third-order valence-corrected chi connectivity index (χ3v) is 3.73. The number of benzene rings is 2. The van der Waals surface area contributed by atoms with E-state index >= 15 is 0 Å². The van der Waals surface area contributed by atoms with Gasteiger partial charge in [-0.3, -0.25) is 4.79 Å². The van der Waals surface area contributed by atoms with E-state index in [1.54, 1.807) is 24.3 Å². The maximum atomic E-state index is 12.2. The number of nitrogens with one attached hydrogen (secondary N) is 1. The van der Waals surface area contributed by atoms with Crippen LogP contribution in [0.25, 0.3) is 0 Å². The fraction of sp³-hybridized carbons (Fsp3) is 0.286. The van der Waals surface area contributed by atoms with E-state index in [1.807, 2.05) is 6.92 Å². The van der Waals surface area contributed by atoms with Crippen molar-refractivity contribution in [2.24, 2.45) is 0 Å². The van der Waals surface area contributed by atoms with Gasteiger partial charge in [0.05, 0.1) is 32.0 Å². The maximum Gasteiger partial charge on any atom is 0.337 e. The molecular formula is C21H23NO7. The molecule has 0 aliphatic heterocycles. The first-order valence-electron chi connectivity index (χ1n) is 8.94. The molecule has 0 aromatic heterocycles. The van der Waals surface area contributed by atoms with Crippen molar-refractivity contribution in [3.05, 3.63) is 53.6 Å². The number of anilines is 1. The highest BCUT2D eigenvalue weighted by Gasteiger charge is 2.15. The van der Waals surface area contributed by atoms with E-state index in [9.17, 15) is 14.4 Å². The Kier molecular flexibility index (Phi) is 8.02. The molecule has 0 heterocycles. The predicted molar refractivity (Wildman–Crippen MR) is 105 cm³/mol. The van der Waals surface area contributed by atoms with Gasteiger partial charge in [0.25, 0.3) is 5.91 Å². The van der Waals surface area contributed by atoms with Crippen LogP contribution in [0.3, 0.4) is 0 Å². The van der Waals surface area contributed by atoms with Crippen LogP contribution in [0.2, 0.25) is 0 Å². The first-order chi connectivity index (χ1) is 14.0. The molecule has 0 saturated heterocycles. The molecule has 0 aliphatic carbocycles. The van der Waals surface area contributed by atoms with Crippen molar-refractivity contribution >= 4 is 23.5 Å². The number of hydrogen-bond acceptors (Lipinski definition) is 7. The standard InChI is InChI=1S/C21H23NO7/c1-4-9-28-17-5-7-18(8-6-17)29-13-19(23)22-16-11-14(20(24)26-2)10-15(12-16)21(25)27-3/h5-8,10-12H,4,9,13H2,1-3H3,(H,22,23). The number of ether oxygens (including phenoxy) is 4. The van der Waals surface area contributed by atoms with Crippen molar-refractivity contribution in [2.45, 2.75) is 13.3 Å². The third-order valence-electron chi connectivity index (χ3n) is 3.73. The number of esters is 2. The minimum Gasteiger partial charge on any atom is -0.494 e. The van der Waals surface area contributed by atoms with Crippen molar-refractivity contribution in [1.82, 2.24) is 0 Å². The highest BCUT2D eigenvalue weighted by atomic mass is 16.5. The molecule has 0 saturated carbocycles. The zero-order valence-corrected chi connectivity index (χ0v) is 16.5. The average molecular weight is 401 g/mol. The molecule has 0 atom stereocenters. The van der Waals surface area contributed by atoms with Crippen LogP contribution in [0.4, 0.5) is 5.69 Å². The Labute approximate surface area is 168 Å². The van der Waals surface area contributed by atoms with E-state index in [0.29, 0.717) is 12.4 Å². The zero-order valence-electron chi connectivity index (χ0n) is 16.5. The largest absolute Gasteiger partial charge is 0.494 e. The molecule has 2 aromatic rings. The third kappa shape index (κ3) is 6.53. The maximum absolute atomic E-state index is 12.2. The number of rotatable bonds is 9. The minimum atomic E-state index is -0.645. The summed E-state index contributed by atoms with van der Waals surface area (Å²) >= 11 is 0. The van der Waals surface area contributed by atoms with Gasteiger partial charge in [-0.25, -0.2) is 9.59 Å². The molecule has 8 nitrogen and oxygen atoms in total. The molecule has 154 valence electrons. The molecule has 2 aromatic carbocycles. The van der Waals surface area contributed by atoms with Gasteiger partial charge in [0.15, 0.2) is 6.61 Å². The molecule has 0 spiro atoms. The second kappa shape index (κ2) is 10.7. The Hall–Kier alpha value is -3.55. The van der Waals surface area contributed by atoms with E-state index in [1.165, 1.54) is 32.4 Å². The van der Waals surface area contributed by atoms with Crippen LogP contribution >= 0.6 is 0 Å². The van der Waals surface area contributed by atoms with Crippen LogP contribution < -0.4 is 14.8 Å². The molecule has 0 unspecified atom stereocenters. The summed E-state index contributed by atoms with van der Waals surface area (Å²) in [7, 11) is 2.44. The van der Waals surface area contributed by atoms with E-state index in [4.69, 9.17) is 9.47 Å². The summed E-state index contributed by atoms with van der Waals surface area (Å²) in [4.78, 5) is 35.8. The lowest BCUT2D eigenvalue weighted by Gasteiger charge is -2.11. The summed E-state index contributed by atoms with van der Waals surface area (Å²) in [5, 5.41) is 2.59. The Balaban J connectivity index is 2.02. The molecule has 1 N–H and O–H groups in total. The van der Waals surface area contributed by atoms with Crippen molar-refractivity contribution in [2.75, 3.05) is 32.8 Å². The van der Waals surface area contributed by atoms with E-state index in [-0.39, 0.29) is 23.4 Å². The smallest absolute Gasteiger partial charge is 0.337 e. The number of carbonyl (C=O) groups excluding carboxylic acids is 3. The first-order valence-corrected chi connectivity index (χ1v) is 8.94. The number of methoxy groups -OCH3 is 2. The van der Waals surface area contributed by atoms with Gasteiger partial charge in [-0.1, -0.05) is 6.92 Å². The summed E-state index contributed by atoms with van der Waals surface area (Å²) in [5.41, 5.74) is 0.453. The minimum absolute atomic E-state index is 0.106. The van der Waals surface area contributed by atoms with E-state index < -0.39 is 17.8 Å². The van der Waals surface area contributed by atoms with E-state index in [0.717, 1.165) is 12.2 Å². The predicted octanol–water partition coefficient (Wildman–Crippen LogP) is 3.07. The van der Waals surface area contributed by atoms with Crippen LogP contribution in [-0.4, -0.2) is 45.3 Å². The van der Waals surface area contributed by atoms with Crippen molar-refractivity contribution < 1.29 is 33.3 Å². The highest BCUT2D eigenvalue weighted by molar-refractivity contribution is 5.99. The Bertz CT molecular complexity index is 828. The highest BCUT2D eigenvalue weighted by Crippen LogP contribution is 2.19. The second-order valence-electron chi connectivity index (χ2n) is 5.94. The molecule has 0 aliphatic rings. The van der Waals surface area contributed by atoms with Gasteiger partial charge >= 0.3 is 11.9 Å². The molecule has 8 heteroatoms. The first kappa shape index (κ1) is 21.7. The van der Waals surface area contributed by atoms with Crippen LogP contribution in [0.1, 0.15) is 34.1 Å². The lowest BCUT2D eigenvalue weighted by atomic mass is 10.1. The fourth-order valence-electron chi connectivity index (χ4n) is 2.37. The Morgan fingerprint density at radius 1 is 0.828 bits per heavy atom. The average Bonchev–Trinajstić information content (AvgIpc) is 2.75. The van der Waals surface area contributed by atoms with Gasteiger partial charge < -0.3 is 24.3 Å². The number of amides is 1. The monoisotopic (exact) mass is 401 g/mol. The van der Waals surface area contributed by atoms with Crippen LogP contribution in [0, 0.1) is 0 Å². The van der Waals surface area contributed by atoms with Crippen LogP contribution in [0.15, 0.2) is 42.5 Å². The van der Waals surface area contributed by atoms with Crippen molar-refractivity contribution in [1.29, 1.82) is 0 Å². The quantitative estimate of drug-likeness (QED) is 0.645. The zero-order chi connectivity index (χ0) is 21.2. The summed E-state index contributed by atoms with van der Waals surface area (Å²) in [5.74, 6) is -0.531. The van der Waals surface area contributed by atoms with Gasteiger partial charge in [-0.15, -0.1) is 0 Å². The fourth-order valence-corrected chi connectivity index (χ4v) is 2.37. The summed E-state index contributed by atoms with van der Waals surface area (Å²) in [6.45, 7) is 2.39. The van der Waals surface area contributed by atoms with Gasteiger partial charge in [0.1, 0.15) is 11.5 Å². The Morgan fingerprint density at radius 2 is 1.34 bits per heavy atom. The normalized spacial score (nSPS) is 10.0. The van der Waals surface area contributed by atoms with Crippen LogP contribution in [-0.2, 0) is 14.3 Å². The molecule has 29 heavy (non-hydrogen) atoms. The molecule has 1 amide bonds. The summed E-state index contributed by atoms with van der Waals surface area (Å²) < 4.78 is 20.3. The van der Waals surface area contributed by atoms with Crippen LogP contribution in [0.5, 0.6) is 11.5 Å². The number of hydrogen-bond donors (Lipinski definition) is 1. The lowest BCUT2D eigenvalue weighted by molar-refractivity contribution is -0.118. The lowest BCUT2D eigenvalue weighted by Crippen LogP contribution is -2.21. The second-order valence-corrected chi connectivity index (χ2v) is 5.94. The topological polar surface area (TPSA) is 100 Å². The Morgan fingerprint density at radius 3 is 1.83 bits per heavy atom. The van der Waals surface area contributed by atoms with Gasteiger partial charge in [-0.2, -0.15) is 0 Å². The molecule has 0 fully saturated rings. The summed E-state index contributed by atoms with van der Waals surface area (Å²) in [6, 6.07) is 11.0. The van der Waals surface area contributed by atoms with Crippen molar-refractivity contribution in [3.8, 4) is 11.5 Å². The van der Waals surface area contributed by atoms with Crippen molar-refractivity contribution in [3.63, 3.8) is 0 Å². The summed E-state index contributed by atoms with van der Waals surface area (Å²) in [6.07, 6.45) is 0.910. The molecule has 0 radical (unpaired) electrons. The van der Waals surface area contributed by atoms with Gasteiger partial charge in [-0.05, 0) is 48.9 Å². The SMILES string of the molecule is CCCOc1ccc(OCC(=O)Nc2cc(C(=O)OC)cc(C(=O)OC)c2)cc1. The molecular weight excluding hydrogens is 378 g/mol. The van der Waals surface area contributed by atoms with Gasteiger partial charge in [0.2, 0.25) is 0 Å². The van der Waals surface area contributed by atoms with E-state index in [2.05, 4.69) is 14.8 Å². The van der Waals surface area contributed by atoms with Gasteiger partial charge in [0, 0.05) is 5.69 Å².